The Kier molecular flexibility index (Phi) is 449. The van der Waals surface area contributed by atoms with Crippen LogP contribution >= 0.6 is 0 Å². The van der Waals surface area contributed by atoms with E-state index in [1.807, 2.05) is 0 Å². The van der Waals surface area contributed by atoms with Crippen molar-refractivity contribution in [3.05, 3.63) is 0 Å². The first-order valence-electron chi connectivity index (χ1n) is 1.68. The average molecular weight is 598 g/mol. The van der Waals surface area contributed by atoms with Crippen LogP contribution < -0.4 is 0 Å². The third-order valence-corrected chi connectivity index (χ3v) is 1.01. The van der Waals surface area contributed by atoms with Crippen LogP contribution in [0.3, 0.4) is 0 Å². The maximum absolute atomic E-state index is 10.0. The van der Waals surface area contributed by atoms with Gasteiger partial charge in [0.25, 0.3) is 0 Å². The first kappa shape index (κ1) is 143. The van der Waals surface area contributed by atoms with Crippen LogP contribution in [-0.2, 0) is 99.0 Å². The van der Waals surface area contributed by atoms with Crippen molar-refractivity contribution >= 4 is 50.9 Å². The number of hydrogen-bond donors (Lipinski definition) is 1. The standard InChI is InChI=1S/3Fe.Na.HO9S2.11H2O/c;;;;1-6-8-11(4,5)9-7-10(2)3;;;;;;;;;;;/h;;;;1H;11*1H2/q;;;;-1;;;;;;;;;;;. The summed E-state index contributed by atoms with van der Waals surface area (Å²) in [4.78, 5) is 0. The van der Waals surface area contributed by atoms with Crippen LogP contribution in [0.1, 0.15) is 0 Å². The predicted octanol–water partition coefficient (Wildman–Crippen LogP) is -10.6. The van der Waals surface area contributed by atoms with Crippen molar-refractivity contribution in [2.75, 3.05) is 0 Å². The summed E-state index contributed by atoms with van der Waals surface area (Å²) in [6.45, 7) is 0. The molecule has 20 nitrogen and oxygen atoms in total. The molecule has 0 saturated heterocycles. The van der Waals surface area contributed by atoms with Crippen molar-refractivity contribution < 1.29 is 152 Å². The summed E-state index contributed by atoms with van der Waals surface area (Å²) in [7, 11) is -8.00. The molecule has 1 radical (unpaired) electrons. The van der Waals surface area contributed by atoms with Gasteiger partial charge < -0.3 is 68.7 Å². The fraction of sp³-hybridized carbons (Fsp3) is 0. The second-order valence-corrected chi connectivity index (χ2v) is 2.52. The minimum atomic E-state index is -4.81. The molecule has 26 heavy (non-hydrogen) atoms. The molecule has 0 heterocycles. The minimum absolute atomic E-state index is 0. The van der Waals surface area contributed by atoms with E-state index in [9.17, 15) is 16.8 Å². The molecular weight excluding hydrogens is 575 g/mol. The zero-order valence-electron chi connectivity index (χ0n) is 12.1. The Hall–Kier alpha value is 1.82. The molecule has 0 bridgehead atoms. The molecule has 0 aliphatic rings. The molecule has 0 aromatic carbocycles. The van der Waals surface area contributed by atoms with E-state index in [1.54, 1.807) is 0 Å². The Balaban J connectivity index is -0.00000000476. The van der Waals surface area contributed by atoms with Gasteiger partial charge in [0.2, 0.25) is 0 Å². The van der Waals surface area contributed by atoms with Crippen molar-refractivity contribution in [1.29, 1.82) is 0 Å². The van der Waals surface area contributed by atoms with Gasteiger partial charge in [-0.25, -0.2) is 5.26 Å². The van der Waals surface area contributed by atoms with Crippen LogP contribution in [0.25, 0.3) is 0 Å². The van der Waals surface area contributed by atoms with E-state index in [-0.39, 0.29) is 141 Å². The Morgan fingerprint density at radius 3 is 1.00 bits per heavy atom. The van der Waals surface area contributed by atoms with Crippen molar-refractivity contribution in [3.8, 4) is 0 Å². The van der Waals surface area contributed by atoms with Gasteiger partial charge in [0, 0.05) is 80.8 Å². The maximum atomic E-state index is 10.0. The summed E-state index contributed by atoms with van der Waals surface area (Å²) in [6.07, 6.45) is 0. The Bertz CT molecular complexity index is 267. The molecule has 0 atom stereocenters. The third kappa shape index (κ3) is 114. The predicted molar refractivity (Wildman–Crippen MR) is 70.1 cm³/mol. The molecule has 0 saturated carbocycles. The largest absolute Gasteiger partial charge is 0.454 e. The molecule has 0 unspecified atom stereocenters. The third-order valence-electron chi connectivity index (χ3n) is 0.280. The second-order valence-electron chi connectivity index (χ2n) is 0.891. The van der Waals surface area contributed by atoms with Crippen molar-refractivity contribution in [3.63, 3.8) is 0 Å². The summed E-state index contributed by atoms with van der Waals surface area (Å²) in [6, 6.07) is 0. The molecule has 0 aliphatic heterocycles. The van der Waals surface area contributed by atoms with Crippen molar-refractivity contribution in [2.45, 2.75) is 0 Å². The van der Waals surface area contributed by atoms with E-state index in [0.29, 0.717) is 0 Å². The molecule has 0 spiro atoms. The van der Waals surface area contributed by atoms with Crippen LogP contribution in [0.2, 0.25) is 0 Å². The molecule has 181 valence electrons. The normalized spacial score (nSPS) is 5.15. The monoisotopic (exact) mass is 598 g/mol. The number of rotatable bonds is 5. The summed E-state index contributed by atoms with van der Waals surface area (Å²) in [5.41, 5.74) is 0. The van der Waals surface area contributed by atoms with Gasteiger partial charge >= 0.3 is 10.4 Å². The first-order chi connectivity index (χ1) is 4.98. The van der Waals surface area contributed by atoms with Gasteiger partial charge in [0.15, 0.2) is 0 Å². The first-order valence-corrected chi connectivity index (χ1v) is 4.02. The minimum Gasteiger partial charge on any atom is -0.412 e. The Morgan fingerprint density at radius 2 is 0.846 bits per heavy atom. The van der Waals surface area contributed by atoms with Crippen LogP contribution in [0.15, 0.2) is 0 Å². The van der Waals surface area contributed by atoms with E-state index in [1.165, 1.54) is 0 Å². The van der Waals surface area contributed by atoms with E-state index in [4.69, 9.17) is 5.26 Å². The second kappa shape index (κ2) is 81.4. The van der Waals surface area contributed by atoms with E-state index in [0.717, 1.165) is 0 Å². The van der Waals surface area contributed by atoms with Gasteiger partial charge in [0.05, 0.1) is 11.0 Å². The fourth-order valence-corrected chi connectivity index (χ4v) is 0.656. The van der Waals surface area contributed by atoms with E-state index >= 15 is 0 Å². The average Bonchev–Trinajstić information content (AvgIpc) is 1.84. The fourth-order valence-electron chi connectivity index (χ4n) is 0.105. The Morgan fingerprint density at radius 1 is 0.615 bits per heavy atom. The zero-order chi connectivity index (χ0) is 8.91. The summed E-state index contributed by atoms with van der Waals surface area (Å²) >= 11 is 0. The molecule has 26 heteroatoms. The van der Waals surface area contributed by atoms with Gasteiger partial charge in [0.1, 0.15) is 0 Å². The Labute approximate surface area is 201 Å². The zero-order valence-corrected chi connectivity index (χ0v) is 19.0. The van der Waals surface area contributed by atoms with Gasteiger partial charge in [-0.05, 0) is 0 Å². The molecule has 0 rings (SSSR count). The van der Waals surface area contributed by atoms with Gasteiger partial charge in [-0.2, -0.15) is 8.42 Å². The molecule has 0 fully saturated rings. The molecule has 23 N–H and O–H groups in total. The topological polar surface area (TPSA) is 472 Å². The molecular formula is H23Fe3NaO20S2-. The maximum Gasteiger partial charge on any atom is 0.454 e. The van der Waals surface area contributed by atoms with Crippen LogP contribution in [0.4, 0.5) is 0 Å². The van der Waals surface area contributed by atoms with E-state index < -0.39 is 21.4 Å². The van der Waals surface area contributed by atoms with Gasteiger partial charge in [-0.3, -0.25) is 4.33 Å². The van der Waals surface area contributed by atoms with Crippen LogP contribution in [-0.4, -0.2) is 103 Å². The smallest absolute Gasteiger partial charge is 0.412 e. The van der Waals surface area contributed by atoms with Crippen LogP contribution in [0, 0.1) is 0 Å². The summed E-state index contributed by atoms with van der Waals surface area (Å²) in [5.74, 6) is 0. The molecule has 0 aromatic heterocycles. The summed E-state index contributed by atoms with van der Waals surface area (Å²) in [5, 5.41) is 10.0. The summed E-state index contributed by atoms with van der Waals surface area (Å²) < 4.78 is 48.1. The van der Waals surface area contributed by atoms with Gasteiger partial charge in [-0.1, -0.05) is 13.7 Å². The van der Waals surface area contributed by atoms with Crippen LogP contribution in [0.5, 0.6) is 0 Å². The van der Waals surface area contributed by atoms with Crippen molar-refractivity contribution in [2.24, 2.45) is 0 Å². The van der Waals surface area contributed by atoms with E-state index in [2.05, 4.69) is 18.0 Å². The number of hydrogen-bond acceptors (Lipinski definition) is 10. The SMILES string of the molecule is O.O.O.O.O.O.O.O.O.O.O.O=[S-](=O)OOS(=O)(=O)OOO.[Fe].[Fe].[Fe].[Na]. The quantitative estimate of drug-likeness (QED) is 0.136. The van der Waals surface area contributed by atoms with Gasteiger partial charge in [-0.15, -0.1) is 0 Å². The molecule has 0 aromatic rings. The van der Waals surface area contributed by atoms with Crippen molar-refractivity contribution in [1.82, 2.24) is 0 Å². The molecule has 0 amide bonds. The molecule has 0 aliphatic carbocycles.